The van der Waals surface area contributed by atoms with Gasteiger partial charge in [0.2, 0.25) is 0 Å². The van der Waals surface area contributed by atoms with Crippen LogP contribution in [0, 0.1) is 0 Å². The summed E-state index contributed by atoms with van der Waals surface area (Å²) in [5.41, 5.74) is 4.42. The fourth-order valence-corrected chi connectivity index (χ4v) is 1.59. The van der Waals surface area contributed by atoms with Crippen molar-refractivity contribution in [3.63, 3.8) is 0 Å². The first-order chi connectivity index (χ1) is 7.71. The highest BCUT2D eigenvalue weighted by Crippen LogP contribution is 2.38. The lowest BCUT2D eigenvalue weighted by atomic mass is 10.1. The molecular formula is C10H7BrF3NO2. The highest BCUT2D eigenvalue weighted by Gasteiger charge is 2.33. The van der Waals surface area contributed by atoms with E-state index in [-0.39, 0.29) is 15.7 Å². The molecule has 1 rings (SSSR count). The van der Waals surface area contributed by atoms with Gasteiger partial charge in [-0.3, -0.25) is 0 Å². The van der Waals surface area contributed by atoms with E-state index in [9.17, 15) is 18.0 Å². The van der Waals surface area contributed by atoms with E-state index in [2.05, 4.69) is 15.9 Å². The molecule has 7 heteroatoms. The number of carbonyl (C=O) groups is 1. The third-order valence-corrected chi connectivity index (χ3v) is 2.73. The number of benzene rings is 1. The minimum atomic E-state index is -4.56. The number of rotatable bonds is 2. The van der Waals surface area contributed by atoms with E-state index in [1.807, 2.05) is 0 Å². The molecule has 0 aliphatic carbocycles. The number of nitrogen functional groups attached to an aromatic ring is 1. The summed E-state index contributed by atoms with van der Waals surface area (Å²) in [5, 5.41) is 8.38. The van der Waals surface area contributed by atoms with Crippen LogP contribution in [-0.4, -0.2) is 11.1 Å². The van der Waals surface area contributed by atoms with Crippen LogP contribution in [0.15, 0.2) is 22.7 Å². The van der Waals surface area contributed by atoms with E-state index < -0.39 is 17.7 Å². The van der Waals surface area contributed by atoms with E-state index in [1.54, 1.807) is 0 Å². The summed E-state index contributed by atoms with van der Waals surface area (Å²) in [5.74, 6) is -1.25. The van der Waals surface area contributed by atoms with E-state index in [4.69, 9.17) is 10.8 Å². The molecule has 0 unspecified atom stereocenters. The van der Waals surface area contributed by atoms with Gasteiger partial charge < -0.3 is 10.8 Å². The Morgan fingerprint density at radius 2 is 2.00 bits per heavy atom. The van der Waals surface area contributed by atoms with Gasteiger partial charge in [-0.25, -0.2) is 4.79 Å². The second-order valence-corrected chi connectivity index (χ2v) is 3.93. The van der Waals surface area contributed by atoms with Crippen LogP contribution in [0.4, 0.5) is 18.9 Å². The van der Waals surface area contributed by atoms with Crippen LogP contribution in [0.3, 0.4) is 0 Å². The zero-order chi connectivity index (χ0) is 13.2. The van der Waals surface area contributed by atoms with Crippen LogP contribution >= 0.6 is 15.9 Å². The van der Waals surface area contributed by atoms with Gasteiger partial charge in [0.25, 0.3) is 0 Å². The number of hydrogen-bond donors (Lipinski definition) is 2. The Hall–Kier alpha value is -1.50. The minimum absolute atomic E-state index is 0.0698. The summed E-state index contributed by atoms with van der Waals surface area (Å²) in [4.78, 5) is 10.3. The summed E-state index contributed by atoms with van der Waals surface area (Å²) in [6.45, 7) is 0. The zero-order valence-corrected chi connectivity index (χ0v) is 9.84. The molecule has 3 nitrogen and oxygen atoms in total. The Bertz CT molecular complexity index is 483. The lowest BCUT2D eigenvalue weighted by Crippen LogP contribution is -2.08. The van der Waals surface area contributed by atoms with Crippen molar-refractivity contribution >= 4 is 33.7 Å². The molecule has 0 fully saturated rings. The van der Waals surface area contributed by atoms with Crippen LogP contribution in [0.25, 0.3) is 6.08 Å². The van der Waals surface area contributed by atoms with E-state index in [1.165, 1.54) is 6.07 Å². The molecule has 0 radical (unpaired) electrons. The first-order valence-corrected chi connectivity index (χ1v) is 5.08. The number of aliphatic carboxylic acids is 1. The second kappa shape index (κ2) is 4.79. The predicted molar refractivity (Wildman–Crippen MR) is 60.2 cm³/mol. The Morgan fingerprint density at radius 1 is 1.41 bits per heavy atom. The molecule has 92 valence electrons. The molecule has 0 aromatic heterocycles. The van der Waals surface area contributed by atoms with Crippen molar-refractivity contribution < 1.29 is 23.1 Å². The van der Waals surface area contributed by atoms with Gasteiger partial charge in [0, 0.05) is 11.8 Å². The van der Waals surface area contributed by atoms with Crippen molar-refractivity contribution in [2.75, 3.05) is 5.73 Å². The van der Waals surface area contributed by atoms with Gasteiger partial charge in [-0.15, -0.1) is 0 Å². The van der Waals surface area contributed by atoms with Crippen molar-refractivity contribution in [1.82, 2.24) is 0 Å². The van der Waals surface area contributed by atoms with E-state index in [0.29, 0.717) is 0 Å². The standard InChI is InChI=1S/C10H7BrF3NO2/c11-9-6(10(12,13)14)3-5(4-7(9)15)1-2-8(16)17/h1-4H,15H2,(H,16,17)/b2-1+. The van der Waals surface area contributed by atoms with Crippen molar-refractivity contribution in [2.24, 2.45) is 0 Å². The van der Waals surface area contributed by atoms with Gasteiger partial charge >= 0.3 is 12.1 Å². The molecule has 0 heterocycles. The predicted octanol–water partition coefficient (Wildman–Crippen LogP) is 3.15. The smallest absolute Gasteiger partial charge is 0.417 e. The average molecular weight is 310 g/mol. The van der Waals surface area contributed by atoms with Gasteiger partial charge in [0.05, 0.1) is 10.0 Å². The highest BCUT2D eigenvalue weighted by molar-refractivity contribution is 9.10. The SMILES string of the molecule is Nc1cc(/C=C/C(=O)O)cc(C(F)(F)F)c1Br. The maximum absolute atomic E-state index is 12.6. The lowest BCUT2D eigenvalue weighted by molar-refractivity contribution is -0.138. The van der Waals surface area contributed by atoms with Crippen LogP contribution in [0.1, 0.15) is 11.1 Å². The van der Waals surface area contributed by atoms with Crippen molar-refractivity contribution in [2.45, 2.75) is 6.18 Å². The molecule has 1 aromatic rings. The monoisotopic (exact) mass is 309 g/mol. The van der Waals surface area contributed by atoms with Crippen molar-refractivity contribution in [3.8, 4) is 0 Å². The normalized spacial score (nSPS) is 12.0. The third-order valence-electron chi connectivity index (χ3n) is 1.85. The molecule has 0 saturated heterocycles. The fourth-order valence-electron chi connectivity index (χ4n) is 1.14. The van der Waals surface area contributed by atoms with Gasteiger partial charge in [-0.2, -0.15) is 13.2 Å². The topological polar surface area (TPSA) is 63.3 Å². The molecule has 0 spiro atoms. The van der Waals surface area contributed by atoms with Gasteiger partial charge in [-0.1, -0.05) is 0 Å². The Morgan fingerprint density at radius 3 is 2.47 bits per heavy atom. The first kappa shape index (κ1) is 13.6. The van der Waals surface area contributed by atoms with Gasteiger partial charge in [0.1, 0.15) is 0 Å². The molecule has 0 amide bonds. The van der Waals surface area contributed by atoms with Crippen LogP contribution in [0.2, 0.25) is 0 Å². The highest BCUT2D eigenvalue weighted by atomic mass is 79.9. The van der Waals surface area contributed by atoms with Crippen LogP contribution in [0.5, 0.6) is 0 Å². The molecule has 1 aromatic carbocycles. The number of anilines is 1. The number of nitrogens with two attached hydrogens (primary N) is 1. The number of halogens is 4. The molecule has 0 saturated carbocycles. The number of alkyl halides is 3. The third kappa shape index (κ3) is 3.48. The van der Waals surface area contributed by atoms with Crippen molar-refractivity contribution in [3.05, 3.63) is 33.8 Å². The molecule has 0 aliphatic rings. The molecule has 0 aliphatic heterocycles. The largest absolute Gasteiger partial charge is 0.478 e. The lowest BCUT2D eigenvalue weighted by Gasteiger charge is -2.12. The zero-order valence-electron chi connectivity index (χ0n) is 8.25. The maximum Gasteiger partial charge on any atom is 0.417 e. The van der Waals surface area contributed by atoms with E-state index >= 15 is 0 Å². The summed E-state index contributed by atoms with van der Waals surface area (Å²) in [7, 11) is 0. The molecular weight excluding hydrogens is 303 g/mol. The number of carboxylic acids is 1. The van der Waals surface area contributed by atoms with Crippen LogP contribution < -0.4 is 5.73 Å². The summed E-state index contributed by atoms with van der Waals surface area (Å²) in [6, 6.07) is 2.07. The van der Waals surface area contributed by atoms with Crippen LogP contribution in [-0.2, 0) is 11.0 Å². The summed E-state index contributed by atoms with van der Waals surface area (Å²) < 4.78 is 37.5. The second-order valence-electron chi connectivity index (χ2n) is 3.14. The first-order valence-electron chi connectivity index (χ1n) is 4.29. The van der Waals surface area contributed by atoms with Gasteiger partial charge in [0.15, 0.2) is 0 Å². The molecule has 17 heavy (non-hydrogen) atoms. The molecule has 0 bridgehead atoms. The summed E-state index contributed by atoms with van der Waals surface area (Å²) >= 11 is 2.74. The van der Waals surface area contributed by atoms with E-state index in [0.717, 1.165) is 18.2 Å². The maximum atomic E-state index is 12.6. The Kier molecular flexibility index (Phi) is 3.82. The number of carboxylic acid groups (broad SMARTS) is 1. The molecule has 3 N–H and O–H groups in total. The molecule has 0 atom stereocenters. The average Bonchev–Trinajstić information content (AvgIpc) is 2.17. The number of hydrogen-bond acceptors (Lipinski definition) is 2. The van der Waals surface area contributed by atoms with Crippen molar-refractivity contribution in [1.29, 1.82) is 0 Å². The fraction of sp³-hybridized carbons (Fsp3) is 0.100. The quantitative estimate of drug-likeness (QED) is 0.651. The summed E-state index contributed by atoms with van der Waals surface area (Å²) in [6.07, 6.45) is -2.77. The minimum Gasteiger partial charge on any atom is -0.478 e. The van der Waals surface area contributed by atoms with Gasteiger partial charge in [-0.05, 0) is 39.7 Å². The Balaban J connectivity index is 3.29. The Labute approximate surface area is 103 Å².